The molecule has 1 saturated heterocycles. The third-order valence-electron chi connectivity index (χ3n) is 10.5. The van der Waals surface area contributed by atoms with Crippen LogP contribution in [0.15, 0.2) is 71.6 Å². The summed E-state index contributed by atoms with van der Waals surface area (Å²) in [4.78, 5) is 17.7. The van der Waals surface area contributed by atoms with Crippen molar-refractivity contribution in [1.82, 2.24) is 9.80 Å². The average Bonchev–Trinajstić information content (AvgIpc) is 3.56. The molecule has 1 spiro atoms. The summed E-state index contributed by atoms with van der Waals surface area (Å²) >= 11 is 0. The summed E-state index contributed by atoms with van der Waals surface area (Å²) in [6.07, 6.45) is 9.97. The molecule has 0 radical (unpaired) electrons. The molecule has 2 bridgehead atoms. The molecule has 1 saturated carbocycles. The van der Waals surface area contributed by atoms with E-state index in [-0.39, 0.29) is 23.7 Å². The van der Waals surface area contributed by atoms with Crippen LogP contribution in [0.3, 0.4) is 0 Å². The molecule has 2 fully saturated rings. The van der Waals surface area contributed by atoms with E-state index in [0.29, 0.717) is 31.4 Å². The van der Waals surface area contributed by atoms with Crippen LogP contribution in [-0.2, 0) is 23.1 Å². The third kappa shape index (κ3) is 3.34. The van der Waals surface area contributed by atoms with Gasteiger partial charge in [0.05, 0.1) is 29.6 Å². The van der Waals surface area contributed by atoms with E-state index in [2.05, 4.69) is 36.1 Å². The van der Waals surface area contributed by atoms with E-state index in [1.807, 2.05) is 19.2 Å². The Labute approximate surface area is 234 Å². The highest BCUT2D eigenvalue weighted by molar-refractivity contribution is 5.92. The van der Waals surface area contributed by atoms with Gasteiger partial charge in [0, 0.05) is 36.8 Å². The fourth-order valence-corrected chi connectivity index (χ4v) is 8.62. The van der Waals surface area contributed by atoms with Crippen LogP contribution in [-0.4, -0.2) is 69.3 Å². The second kappa shape index (κ2) is 8.98. The molecular weight excluding hydrogens is 504 g/mol. The Kier molecular flexibility index (Phi) is 5.71. The molecule has 4 aliphatic rings. The zero-order valence-corrected chi connectivity index (χ0v) is 23.0. The SMILES string of the molecule is CN(C(=O)/C=C/c1ccoc1)[C@@H]1CC[C@@]2(O)[C@H]3Cc4ccc(O)c5c4[C@@]2(CCN3CCc2ccccc2)[C@@]1(C)O5. The van der Waals surface area contributed by atoms with Gasteiger partial charge in [-0.1, -0.05) is 36.4 Å². The maximum Gasteiger partial charge on any atom is 0.246 e. The third-order valence-corrected chi connectivity index (χ3v) is 10.5. The van der Waals surface area contributed by atoms with Crippen molar-refractivity contribution in [3.63, 3.8) is 0 Å². The summed E-state index contributed by atoms with van der Waals surface area (Å²) in [5.74, 6) is 0.450. The average molecular weight is 541 g/mol. The molecule has 2 aliphatic carbocycles. The van der Waals surface area contributed by atoms with Crippen molar-refractivity contribution < 1.29 is 24.2 Å². The van der Waals surface area contributed by atoms with Crippen molar-refractivity contribution in [3.8, 4) is 11.5 Å². The Balaban J connectivity index is 1.27. The Morgan fingerprint density at radius 3 is 2.77 bits per heavy atom. The summed E-state index contributed by atoms with van der Waals surface area (Å²) in [5, 5.41) is 23.8. The van der Waals surface area contributed by atoms with Gasteiger partial charge in [-0.25, -0.2) is 0 Å². The molecule has 7 nitrogen and oxygen atoms in total. The fourth-order valence-electron chi connectivity index (χ4n) is 8.62. The Hall–Kier alpha value is -3.55. The van der Waals surface area contributed by atoms with Crippen molar-refractivity contribution in [2.45, 2.75) is 67.7 Å². The Bertz CT molecular complexity index is 1470. The number of aromatic hydroxyl groups is 1. The maximum absolute atomic E-state index is 13.4. The summed E-state index contributed by atoms with van der Waals surface area (Å²) < 4.78 is 11.9. The second-order valence-corrected chi connectivity index (χ2v) is 12.1. The van der Waals surface area contributed by atoms with Gasteiger partial charge in [-0.2, -0.15) is 0 Å². The molecule has 1 amide bonds. The number of phenols is 1. The molecule has 2 aromatic carbocycles. The van der Waals surface area contributed by atoms with Gasteiger partial charge in [-0.05, 0) is 74.9 Å². The highest BCUT2D eigenvalue weighted by atomic mass is 16.5. The second-order valence-electron chi connectivity index (χ2n) is 12.1. The van der Waals surface area contributed by atoms with Gasteiger partial charge in [0.25, 0.3) is 0 Å². The van der Waals surface area contributed by atoms with Gasteiger partial charge in [0.15, 0.2) is 11.5 Å². The number of aliphatic hydroxyl groups is 1. The van der Waals surface area contributed by atoms with Gasteiger partial charge < -0.3 is 24.3 Å². The number of likely N-dealkylation sites (N-methyl/N-ethyl adjacent to an activating group) is 1. The van der Waals surface area contributed by atoms with Crippen molar-refractivity contribution >= 4 is 12.0 Å². The summed E-state index contributed by atoms with van der Waals surface area (Å²) in [7, 11) is 1.82. The number of piperidine rings is 1. The molecule has 0 unspecified atom stereocenters. The molecule has 2 N–H and O–H groups in total. The van der Waals surface area contributed by atoms with Crippen LogP contribution >= 0.6 is 0 Å². The summed E-state index contributed by atoms with van der Waals surface area (Å²) in [5.41, 5.74) is 1.51. The van der Waals surface area contributed by atoms with E-state index in [0.717, 1.165) is 36.2 Å². The predicted octanol–water partition coefficient (Wildman–Crippen LogP) is 4.31. The number of furan rings is 1. The van der Waals surface area contributed by atoms with Gasteiger partial charge in [0.2, 0.25) is 5.91 Å². The molecule has 7 heteroatoms. The van der Waals surface area contributed by atoms with E-state index in [1.54, 1.807) is 41.7 Å². The lowest BCUT2D eigenvalue weighted by molar-refractivity contribution is -0.229. The van der Waals surface area contributed by atoms with E-state index in [4.69, 9.17) is 9.15 Å². The van der Waals surface area contributed by atoms with E-state index in [9.17, 15) is 15.0 Å². The monoisotopic (exact) mass is 540 g/mol. The molecule has 40 heavy (non-hydrogen) atoms. The van der Waals surface area contributed by atoms with E-state index >= 15 is 0 Å². The number of amides is 1. The van der Waals surface area contributed by atoms with Gasteiger partial charge in [-0.15, -0.1) is 0 Å². The minimum absolute atomic E-state index is 0.0705. The largest absolute Gasteiger partial charge is 0.504 e. The molecule has 5 atom stereocenters. The lowest BCUT2D eigenvalue weighted by atomic mass is 9.44. The number of carbonyl (C=O) groups is 1. The van der Waals surface area contributed by atoms with Crippen molar-refractivity contribution in [1.29, 1.82) is 0 Å². The van der Waals surface area contributed by atoms with Crippen LogP contribution in [0.4, 0.5) is 0 Å². The van der Waals surface area contributed by atoms with Crippen LogP contribution < -0.4 is 4.74 Å². The van der Waals surface area contributed by atoms with Crippen molar-refractivity contribution in [3.05, 3.63) is 89.4 Å². The van der Waals surface area contributed by atoms with Gasteiger partial charge >= 0.3 is 0 Å². The zero-order valence-electron chi connectivity index (χ0n) is 23.0. The molecule has 1 aromatic heterocycles. The number of carbonyl (C=O) groups excluding carboxylic acids is 1. The molecule has 3 aromatic rings. The molecule has 2 aliphatic heterocycles. The Morgan fingerprint density at radius 2 is 2.00 bits per heavy atom. The lowest BCUT2D eigenvalue weighted by Crippen LogP contribution is -2.82. The predicted molar refractivity (Wildman–Crippen MR) is 151 cm³/mol. The minimum Gasteiger partial charge on any atom is -0.504 e. The van der Waals surface area contributed by atoms with Crippen molar-refractivity contribution in [2.75, 3.05) is 20.1 Å². The number of hydrogen-bond donors (Lipinski definition) is 2. The first kappa shape index (κ1) is 25.4. The van der Waals surface area contributed by atoms with Crippen LogP contribution in [0.25, 0.3) is 6.08 Å². The smallest absolute Gasteiger partial charge is 0.246 e. The molecule has 3 heterocycles. The first-order valence-corrected chi connectivity index (χ1v) is 14.3. The number of ether oxygens (including phenoxy) is 1. The first-order valence-electron chi connectivity index (χ1n) is 14.3. The standard InChI is InChI=1S/C33H36N2O5/c1-31-26(34(2)28(37)11-8-23-14-19-39-21-23)12-15-33(38)27-20-24-9-10-25(36)30(40-31)29(24)32(31,33)16-18-35(27)17-13-22-6-4-3-5-7-22/h3-11,14,19,21,26-27,36,38H,12-13,15-18,20H2,1-2H3/b11-8+/t26-,27-,31+,32+,33-/m1/s1. The number of benzene rings is 2. The maximum atomic E-state index is 13.4. The van der Waals surface area contributed by atoms with E-state index < -0.39 is 16.6 Å². The van der Waals surface area contributed by atoms with Crippen LogP contribution in [0, 0.1) is 0 Å². The number of phenolic OH excluding ortho intramolecular Hbond substituents is 1. The van der Waals surface area contributed by atoms with Crippen molar-refractivity contribution in [2.24, 2.45) is 0 Å². The van der Waals surface area contributed by atoms with Crippen LogP contribution in [0.5, 0.6) is 11.5 Å². The van der Waals surface area contributed by atoms with Crippen LogP contribution in [0.1, 0.15) is 48.4 Å². The molecular formula is C33H36N2O5. The van der Waals surface area contributed by atoms with Crippen LogP contribution in [0.2, 0.25) is 0 Å². The topological polar surface area (TPSA) is 86.4 Å². The molecule has 208 valence electrons. The first-order chi connectivity index (χ1) is 19.3. The summed E-state index contributed by atoms with van der Waals surface area (Å²) in [6, 6.07) is 15.7. The fraction of sp³-hybridized carbons (Fsp3) is 0.424. The van der Waals surface area contributed by atoms with Gasteiger partial charge in [0.1, 0.15) is 5.60 Å². The van der Waals surface area contributed by atoms with Gasteiger partial charge in [-0.3, -0.25) is 9.69 Å². The number of nitrogens with zero attached hydrogens (tertiary/aromatic N) is 2. The number of rotatable bonds is 6. The Morgan fingerprint density at radius 1 is 1.18 bits per heavy atom. The lowest BCUT2D eigenvalue weighted by Gasteiger charge is -2.67. The number of likely N-dealkylation sites (tertiary alicyclic amines) is 1. The minimum atomic E-state index is -1.05. The normalized spacial score (nSPS) is 32.1. The van der Waals surface area contributed by atoms with E-state index in [1.165, 1.54) is 5.56 Å². The highest BCUT2D eigenvalue weighted by Gasteiger charge is 2.78. The molecule has 7 rings (SSSR count). The zero-order chi connectivity index (χ0) is 27.7. The highest BCUT2D eigenvalue weighted by Crippen LogP contribution is 2.69. The summed E-state index contributed by atoms with van der Waals surface area (Å²) in [6.45, 7) is 3.74. The quantitative estimate of drug-likeness (QED) is 0.453. The number of hydrogen-bond acceptors (Lipinski definition) is 6.